The van der Waals surface area contributed by atoms with Crippen molar-refractivity contribution in [3.63, 3.8) is 0 Å². The molecule has 14 nitrogen and oxygen atoms in total. The second-order valence-electron chi connectivity index (χ2n) is 11.9. The fourth-order valence-electron chi connectivity index (χ4n) is 5.94. The van der Waals surface area contributed by atoms with Crippen LogP contribution < -0.4 is 25.4 Å². The van der Waals surface area contributed by atoms with Crippen molar-refractivity contribution in [1.29, 1.82) is 0 Å². The number of carbonyl (C=O) groups excluding carboxylic acids is 1. The molecule has 2 fully saturated rings. The van der Waals surface area contributed by atoms with E-state index in [1.807, 2.05) is 25.1 Å². The number of piperidine rings is 1. The number of nitrogens with one attached hydrogen (secondary N) is 2. The number of benzene rings is 1. The number of nitrogens with zero attached hydrogens (tertiary/aromatic N) is 6. The minimum atomic E-state index is -0.418. The van der Waals surface area contributed by atoms with Crippen LogP contribution in [0, 0.1) is 5.92 Å². The third-order valence-electron chi connectivity index (χ3n) is 8.46. The molecule has 1 atom stereocenters. The van der Waals surface area contributed by atoms with Crippen LogP contribution in [0.5, 0.6) is 11.5 Å². The molecular formula is C33H42N8O6. The normalized spacial score (nSPS) is 17.2. The lowest BCUT2D eigenvalue weighted by Gasteiger charge is -2.31. The number of aromatic nitrogens is 6. The number of H-pyrrole nitrogens is 1. The lowest BCUT2D eigenvalue weighted by atomic mass is 9.98. The van der Waals surface area contributed by atoms with Crippen LogP contribution in [0.1, 0.15) is 68.4 Å². The maximum absolute atomic E-state index is 13.1. The van der Waals surface area contributed by atoms with E-state index in [1.165, 1.54) is 12.4 Å². The summed E-state index contributed by atoms with van der Waals surface area (Å²) in [5.74, 6) is 2.23. The lowest BCUT2D eigenvalue weighted by molar-refractivity contribution is -0.186. The van der Waals surface area contributed by atoms with Gasteiger partial charge in [-0.2, -0.15) is 5.10 Å². The van der Waals surface area contributed by atoms with Gasteiger partial charge in [-0.3, -0.25) is 14.3 Å². The Bertz CT molecular complexity index is 1730. The molecule has 1 aromatic carbocycles. The molecule has 0 aliphatic carbocycles. The van der Waals surface area contributed by atoms with E-state index >= 15 is 0 Å². The zero-order valence-corrected chi connectivity index (χ0v) is 27.2. The van der Waals surface area contributed by atoms with Gasteiger partial charge >= 0.3 is 0 Å². The van der Waals surface area contributed by atoms with E-state index in [0.29, 0.717) is 71.2 Å². The van der Waals surface area contributed by atoms with Gasteiger partial charge in [0.15, 0.2) is 11.8 Å². The zero-order valence-electron chi connectivity index (χ0n) is 27.2. The van der Waals surface area contributed by atoms with Crippen LogP contribution >= 0.6 is 0 Å². The fraction of sp³-hybridized carbons (Fsp3) is 0.515. The summed E-state index contributed by atoms with van der Waals surface area (Å²) >= 11 is 0. The summed E-state index contributed by atoms with van der Waals surface area (Å²) in [5.41, 5.74) is 5.04. The number of anilines is 1. The Morgan fingerprint density at radius 1 is 1.11 bits per heavy atom. The van der Waals surface area contributed by atoms with Gasteiger partial charge in [-0.25, -0.2) is 25.3 Å². The summed E-state index contributed by atoms with van der Waals surface area (Å²) in [6.07, 6.45) is 8.80. The summed E-state index contributed by atoms with van der Waals surface area (Å²) < 4.78 is 19.2. The SMILES string of the molecule is CCCc1nn(C)c2c(=O)[nH]c(-c3cc(OCC4CCN(c5ncc(C(=O)NOC6CCCCO6)cn5)CC4)ccc3OCC)nc12. The topological polar surface area (TPSA) is 159 Å². The molecule has 2 N–H and O–H groups in total. The Morgan fingerprint density at radius 2 is 1.91 bits per heavy atom. The molecular weight excluding hydrogens is 604 g/mol. The highest BCUT2D eigenvalue weighted by atomic mass is 16.8. The second kappa shape index (κ2) is 14.9. The monoisotopic (exact) mass is 646 g/mol. The molecule has 4 aromatic rings. The first-order chi connectivity index (χ1) is 22.9. The fourth-order valence-corrected chi connectivity index (χ4v) is 5.94. The predicted octanol–water partition coefficient (Wildman–Crippen LogP) is 3.95. The van der Waals surface area contributed by atoms with Crippen molar-refractivity contribution in [3.05, 3.63) is 52.2 Å². The Labute approximate surface area is 272 Å². The van der Waals surface area contributed by atoms with Crippen LogP contribution in [0.3, 0.4) is 0 Å². The Balaban J connectivity index is 1.06. The summed E-state index contributed by atoms with van der Waals surface area (Å²) in [4.78, 5) is 49.6. The number of hydrogen-bond acceptors (Lipinski definition) is 11. The Hall–Kier alpha value is -4.56. The maximum Gasteiger partial charge on any atom is 0.278 e. The standard InChI is InChI=1S/C33H42N8O6/c1-4-8-25-28-29(40(3)38-25)32(43)37-30(36-28)24-17-23(10-11-26(24)44-5-2)46-20-21-12-14-41(15-13-21)33-34-18-22(19-35-33)31(42)39-47-27-9-6-7-16-45-27/h10-11,17-19,21,27H,4-9,12-16,20H2,1-3H3,(H,39,42)(H,36,37,43). The van der Waals surface area contributed by atoms with Gasteiger partial charge in [-0.1, -0.05) is 13.3 Å². The number of fused-ring (bicyclic) bond motifs is 1. The van der Waals surface area contributed by atoms with E-state index in [4.69, 9.17) is 24.0 Å². The molecule has 0 radical (unpaired) electrons. The van der Waals surface area contributed by atoms with Crippen molar-refractivity contribution in [2.24, 2.45) is 13.0 Å². The van der Waals surface area contributed by atoms with Crippen molar-refractivity contribution in [3.8, 4) is 22.9 Å². The number of hydroxylamine groups is 1. The molecule has 5 heterocycles. The minimum Gasteiger partial charge on any atom is -0.493 e. The first-order valence-corrected chi connectivity index (χ1v) is 16.4. The van der Waals surface area contributed by atoms with Gasteiger partial charge in [0.05, 0.1) is 30.0 Å². The van der Waals surface area contributed by atoms with E-state index in [2.05, 4.69) is 37.4 Å². The number of aryl methyl sites for hydroxylation is 2. The van der Waals surface area contributed by atoms with E-state index in [-0.39, 0.29) is 5.56 Å². The van der Waals surface area contributed by atoms with Gasteiger partial charge in [0, 0.05) is 45.6 Å². The highest BCUT2D eigenvalue weighted by Gasteiger charge is 2.23. The molecule has 0 bridgehead atoms. The zero-order chi connectivity index (χ0) is 32.8. The van der Waals surface area contributed by atoms with Crippen LogP contribution in [-0.4, -0.2) is 74.8 Å². The average Bonchev–Trinajstić information content (AvgIpc) is 3.42. The van der Waals surface area contributed by atoms with Crippen molar-refractivity contribution >= 4 is 22.9 Å². The van der Waals surface area contributed by atoms with E-state index in [0.717, 1.165) is 63.7 Å². The van der Waals surface area contributed by atoms with Crippen molar-refractivity contribution < 1.29 is 23.8 Å². The van der Waals surface area contributed by atoms with Crippen molar-refractivity contribution in [2.45, 2.75) is 65.1 Å². The number of carbonyl (C=O) groups is 1. The number of rotatable bonds is 12. The molecule has 3 aromatic heterocycles. The van der Waals surface area contributed by atoms with Gasteiger partial charge in [-0.15, -0.1) is 0 Å². The first kappa shape index (κ1) is 32.4. The molecule has 1 amide bonds. The molecule has 2 saturated heterocycles. The van der Waals surface area contributed by atoms with Gasteiger partial charge in [0.1, 0.15) is 22.8 Å². The lowest BCUT2D eigenvalue weighted by Crippen LogP contribution is -2.37. The molecule has 2 aliphatic rings. The smallest absolute Gasteiger partial charge is 0.278 e. The van der Waals surface area contributed by atoms with Gasteiger partial charge in [-0.05, 0) is 63.1 Å². The van der Waals surface area contributed by atoms with Crippen LogP contribution in [-0.2, 0) is 23.0 Å². The summed E-state index contributed by atoms with van der Waals surface area (Å²) in [5, 5.41) is 4.53. The first-order valence-electron chi connectivity index (χ1n) is 16.4. The van der Waals surface area contributed by atoms with Crippen LogP contribution in [0.2, 0.25) is 0 Å². The highest BCUT2D eigenvalue weighted by Crippen LogP contribution is 2.33. The largest absolute Gasteiger partial charge is 0.493 e. The third-order valence-corrected chi connectivity index (χ3v) is 8.46. The number of ether oxygens (including phenoxy) is 3. The summed E-state index contributed by atoms with van der Waals surface area (Å²) in [7, 11) is 1.76. The molecule has 0 spiro atoms. The second-order valence-corrected chi connectivity index (χ2v) is 11.9. The molecule has 2 aliphatic heterocycles. The van der Waals surface area contributed by atoms with E-state index in [9.17, 15) is 9.59 Å². The van der Waals surface area contributed by atoms with Gasteiger partial charge in [0.25, 0.3) is 11.5 Å². The minimum absolute atomic E-state index is 0.247. The number of aromatic amines is 1. The average molecular weight is 647 g/mol. The Morgan fingerprint density at radius 3 is 2.64 bits per heavy atom. The van der Waals surface area contributed by atoms with E-state index < -0.39 is 12.2 Å². The maximum atomic E-state index is 13.1. The molecule has 47 heavy (non-hydrogen) atoms. The van der Waals surface area contributed by atoms with Crippen LogP contribution in [0.25, 0.3) is 22.4 Å². The van der Waals surface area contributed by atoms with Crippen LogP contribution in [0.15, 0.2) is 35.4 Å². The van der Waals surface area contributed by atoms with Gasteiger partial charge in [0.2, 0.25) is 5.95 Å². The van der Waals surface area contributed by atoms with Gasteiger partial charge < -0.3 is 24.1 Å². The molecule has 6 rings (SSSR count). The van der Waals surface area contributed by atoms with Crippen LogP contribution in [0.4, 0.5) is 5.95 Å². The summed E-state index contributed by atoms with van der Waals surface area (Å²) in [6, 6.07) is 5.61. The molecule has 1 unspecified atom stereocenters. The predicted molar refractivity (Wildman–Crippen MR) is 174 cm³/mol. The number of amides is 1. The number of hydrogen-bond donors (Lipinski definition) is 2. The Kier molecular flexibility index (Phi) is 10.3. The van der Waals surface area contributed by atoms with E-state index in [1.54, 1.807) is 11.7 Å². The third kappa shape index (κ3) is 7.54. The highest BCUT2D eigenvalue weighted by molar-refractivity contribution is 5.92. The molecule has 0 saturated carbocycles. The molecule has 250 valence electrons. The molecule has 14 heteroatoms. The van der Waals surface area contributed by atoms with Crippen molar-refractivity contribution in [2.75, 3.05) is 37.8 Å². The van der Waals surface area contributed by atoms with Crippen molar-refractivity contribution in [1.82, 2.24) is 35.2 Å². The quantitative estimate of drug-likeness (QED) is 0.215. The summed E-state index contributed by atoms with van der Waals surface area (Å²) in [6.45, 7) is 7.17.